The van der Waals surface area contributed by atoms with Gasteiger partial charge in [0.25, 0.3) is 5.56 Å². The molecule has 2 fully saturated rings. The second kappa shape index (κ2) is 7.21. The summed E-state index contributed by atoms with van der Waals surface area (Å²) in [4.78, 5) is 26.5. The Morgan fingerprint density at radius 2 is 2.04 bits per heavy atom. The molecule has 1 aliphatic heterocycles. The second-order valence-corrected chi connectivity index (χ2v) is 6.86. The van der Waals surface area contributed by atoms with Crippen molar-refractivity contribution >= 4 is 0 Å². The lowest BCUT2D eigenvalue weighted by atomic mass is 9.94. The maximum absolute atomic E-state index is 12.2. The summed E-state index contributed by atoms with van der Waals surface area (Å²) in [7, 11) is 5.01. The summed E-state index contributed by atoms with van der Waals surface area (Å²) in [6.07, 6.45) is 3.68. The first-order chi connectivity index (χ1) is 11.5. The fourth-order valence-corrected chi connectivity index (χ4v) is 4.07. The van der Waals surface area contributed by atoms with E-state index in [2.05, 4.69) is 4.90 Å². The number of morpholine rings is 1. The minimum atomic E-state index is -0.280. The number of methoxy groups -OCH3 is 1. The molecule has 7 heteroatoms. The van der Waals surface area contributed by atoms with Gasteiger partial charge in [0, 0.05) is 58.0 Å². The van der Waals surface area contributed by atoms with Crippen LogP contribution in [0.3, 0.4) is 0 Å². The van der Waals surface area contributed by atoms with E-state index < -0.39 is 0 Å². The first kappa shape index (κ1) is 17.4. The van der Waals surface area contributed by atoms with Crippen molar-refractivity contribution in [2.75, 3.05) is 26.9 Å². The molecule has 2 aliphatic rings. The molecule has 0 amide bonds. The third-order valence-corrected chi connectivity index (χ3v) is 5.57. The van der Waals surface area contributed by atoms with E-state index in [4.69, 9.17) is 9.47 Å². The van der Waals surface area contributed by atoms with Crippen molar-refractivity contribution in [1.29, 1.82) is 0 Å². The number of ether oxygens (including phenoxy) is 2. The van der Waals surface area contributed by atoms with Crippen molar-refractivity contribution in [3.63, 3.8) is 0 Å². The molecule has 0 N–H and O–H groups in total. The summed E-state index contributed by atoms with van der Waals surface area (Å²) in [5.74, 6) is 0.443. The van der Waals surface area contributed by atoms with Crippen LogP contribution in [0.15, 0.2) is 15.7 Å². The van der Waals surface area contributed by atoms with Crippen LogP contribution in [0.1, 0.15) is 25.0 Å². The molecule has 0 radical (unpaired) electrons. The van der Waals surface area contributed by atoms with Crippen LogP contribution in [-0.4, -0.2) is 53.0 Å². The molecule has 7 nitrogen and oxygen atoms in total. The Hall–Kier alpha value is -1.44. The summed E-state index contributed by atoms with van der Waals surface area (Å²) in [5.41, 5.74) is 0.216. The van der Waals surface area contributed by atoms with Gasteiger partial charge >= 0.3 is 5.69 Å². The molecular formula is C17H27N3O4. The average molecular weight is 337 g/mol. The number of rotatable bonds is 4. The van der Waals surface area contributed by atoms with Gasteiger partial charge in [-0.3, -0.25) is 18.8 Å². The highest BCUT2D eigenvalue weighted by molar-refractivity contribution is 5.04. The highest BCUT2D eigenvalue weighted by atomic mass is 16.5. The Balaban J connectivity index is 1.85. The lowest BCUT2D eigenvalue weighted by Gasteiger charge is -2.40. The zero-order valence-electron chi connectivity index (χ0n) is 14.7. The van der Waals surface area contributed by atoms with Crippen LogP contribution in [0, 0.1) is 5.92 Å². The Morgan fingerprint density at radius 3 is 2.79 bits per heavy atom. The summed E-state index contributed by atoms with van der Waals surface area (Å²) < 4.78 is 14.1. The predicted octanol–water partition coefficient (Wildman–Crippen LogP) is 0.0999. The Morgan fingerprint density at radius 1 is 1.25 bits per heavy atom. The molecule has 0 spiro atoms. The quantitative estimate of drug-likeness (QED) is 0.780. The maximum atomic E-state index is 12.2. The van der Waals surface area contributed by atoms with Gasteiger partial charge in [0.15, 0.2) is 0 Å². The van der Waals surface area contributed by atoms with Crippen molar-refractivity contribution in [3.05, 3.63) is 32.6 Å². The average Bonchev–Trinajstić information content (AvgIpc) is 3.06. The number of nitrogens with zero attached hydrogens (tertiary/aromatic N) is 3. The van der Waals surface area contributed by atoms with Crippen LogP contribution in [0.2, 0.25) is 0 Å². The molecule has 3 unspecified atom stereocenters. The van der Waals surface area contributed by atoms with Crippen LogP contribution in [0.5, 0.6) is 0 Å². The molecule has 1 saturated heterocycles. The predicted molar refractivity (Wildman–Crippen MR) is 90.1 cm³/mol. The Labute approximate surface area is 141 Å². The fourth-order valence-electron chi connectivity index (χ4n) is 4.07. The third-order valence-electron chi connectivity index (χ3n) is 5.57. The van der Waals surface area contributed by atoms with Gasteiger partial charge in [0.05, 0.1) is 19.3 Å². The maximum Gasteiger partial charge on any atom is 0.330 e. The van der Waals surface area contributed by atoms with Crippen molar-refractivity contribution in [2.45, 2.75) is 38.0 Å². The van der Waals surface area contributed by atoms with Crippen molar-refractivity contribution in [3.8, 4) is 0 Å². The third kappa shape index (κ3) is 3.20. The van der Waals surface area contributed by atoms with Crippen LogP contribution in [-0.2, 0) is 30.1 Å². The summed E-state index contributed by atoms with van der Waals surface area (Å²) >= 11 is 0. The van der Waals surface area contributed by atoms with Crippen LogP contribution >= 0.6 is 0 Å². The number of aromatic nitrogens is 2. The van der Waals surface area contributed by atoms with Gasteiger partial charge < -0.3 is 9.47 Å². The molecule has 2 heterocycles. The zero-order valence-corrected chi connectivity index (χ0v) is 14.7. The molecule has 24 heavy (non-hydrogen) atoms. The van der Waals surface area contributed by atoms with Crippen LogP contribution < -0.4 is 11.2 Å². The molecule has 1 aromatic heterocycles. The minimum absolute atomic E-state index is 0.256. The SMILES string of the molecule is COC1CCCC1C1COCCN1Cc1cc(=O)n(C)c(=O)n1C. The topological polar surface area (TPSA) is 65.7 Å². The smallest absolute Gasteiger partial charge is 0.330 e. The van der Waals surface area contributed by atoms with E-state index in [9.17, 15) is 9.59 Å². The fraction of sp³-hybridized carbons (Fsp3) is 0.765. The summed E-state index contributed by atoms with van der Waals surface area (Å²) in [5, 5.41) is 0. The minimum Gasteiger partial charge on any atom is -0.381 e. The lowest BCUT2D eigenvalue weighted by Crippen LogP contribution is -2.51. The van der Waals surface area contributed by atoms with Crippen molar-refractivity contribution < 1.29 is 9.47 Å². The van der Waals surface area contributed by atoms with E-state index in [1.54, 1.807) is 24.8 Å². The number of hydrogen-bond donors (Lipinski definition) is 0. The van der Waals surface area contributed by atoms with Gasteiger partial charge in [-0.2, -0.15) is 0 Å². The van der Waals surface area contributed by atoms with Crippen molar-refractivity contribution in [1.82, 2.24) is 14.0 Å². The van der Waals surface area contributed by atoms with Gasteiger partial charge in [-0.25, -0.2) is 4.79 Å². The first-order valence-electron chi connectivity index (χ1n) is 8.63. The van der Waals surface area contributed by atoms with Gasteiger partial charge in [-0.05, 0) is 12.8 Å². The zero-order chi connectivity index (χ0) is 17.3. The van der Waals surface area contributed by atoms with Crippen molar-refractivity contribution in [2.24, 2.45) is 20.0 Å². The molecule has 3 rings (SSSR count). The van der Waals surface area contributed by atoms with E-state index in [1.807, 2.05) is 0 Å². The van der Waals surface area contributed by atoms with E-state index >= 15 is 0 Å². The van der Waals surface area contributed by atoms with Gasteiger partial charge in [0.1, 0.15) is 0 Å². The van der Waals surface area contributed by atoms with Crippen LogP contribution in [0.4, 0.5) is 0 Å². The lowest BCUT2D eigenvalue weighted by molar-refractivity contribution is -0.0615. The highest BCUT2D eigenvalue weighted by Crippen LogP contribution is 2.34. The van der Waals surface area contributed by atoms with Crippen LogP contribution in [0.25, 0.3) is 0 Å². The summed E-state index contributed by atoms with van der Waals surface area (Å²) in [6, 6.07) is 1.83. The highest BCUT2D eigenvalue weighted by Gasteiger charge is 2.38. The van der Waals surface area contributed by atoms with Gasteiger partial charge in [0.2, 0.25) is 0 Å². The van der Waals surface area contributed by atoms with Gasteiger partial charge in [-0.1, -0.05) is 6.42 Å². The normalized spacial score (nSPS) is 28.4. The molecule has 134 valence electrons. The second-order valence-electron chi connectivity index (χ2n) is 6.86. The molecule has 0 bridgehead atoms. The first-order valence-corrected chi connectivity index (χ1v) is 8.63. The van der Waals surface area contributed by atoms with Gasteiger partial charge in [-0.15, -0.1) is 0 Å². The molecule has 0 aromatic carbocycles. The molecular weight excluding hydrogens is 310 g/mol. The standard InChI is InChI=1S/C17H27N3O4/c1-18-12(9-16(21)19(2)17(18)22)10-20-7-8-24-11-14(20)13-5-4-6-15(13)23-3/h9,13-15H,4-8,10-11H2,1-3H3. The van der Waals surface area contributed by atoms with E-state index in [0.717, 1.165) is 29.6 Å². The summed E-state index contributed by atoms with van der Waals surface area (Å²) in [6.45, 7) is 2.76. The largest absolute Gasteiger partial charge is 0.381 e. The molecule has 1 saturated carbocycles. The van der Waals surface area contributed by atoms with E-state index in [1.165, 1.54) is 13.5 Å². The molecule has 1 aliphatic carbocycles. The molecule has 1 aromatic rings. The Kier molecular flexibility index (Phi) is 5.22. The monoisotopic (exact) mass is 337 g/mol. The van der Waals surface area contributed by atoms with E-state index in [0.29, 0.717) is 25.7 Å². The van der Waals surface area contributed by atoms with E-state index in [-0.39, 0.29) is 23.4 Å². The Bertz CT molecular complexity index is 696. The number of hydrogen-bond acceptors (Lipinski definition) is 5. The molecule has 3 atom stereocenters.